The largest absolute Gasteiger partial charge is 0.396 e. The Labute approximate surface area is 155 Å². The molecular weight excluding hydrogens is 372 g/mol. The van der Waals surface area contributed by atoms with Gasteiger partial charge in [-0.25, -0.2) is 0 Å². The highest BCUT2D eigenvalue weighted by molar-refractivity contribution is 4.93. The first-order valence-electron chi connectivity index (χ1n) is 8.66. The third kappa shape index (κ3) is 5.32. The molecule has 0 radical (unpaired) electrons. The molecule has 160 valence electrons. The highest BCUT2D eigenvalue weighted by atomic mass is 16.7. The van der Waals surface area contributed by atoms with Crippen molar-refractivity contribution in [1.82, 2.24) is 0 Å². The smallest absolute Gasteiger partial charge is 0.187 e. The zero-order valence-corrected chi connectivity index (χ0v) is 14.5. The summed E-state index contributed by atoms with van der Waals surface area (Å²) in [6, 6.07) is 0. The van der Waals surface area contributed by atoms with Gasteiger partial charge in [0.1, 0.15) is 48.8 Å². The molecule has 2 saturated heterocycles. The summed E-state index contributed by atoms with van der Waals surface area (Å²) in [5, 5.41) is 77.5. The van der Waals surface area contributed by atoms with Crippen LogP contribution in [-0.2, 0) is 18.9 Å². The van der Waals surface area contributed by atoms with Gasteiger partial charge in [0.05, 0.1) is 13.2 Å². The second-order valence-electron chi connectivity index (χ2n) is 6.50. The maximum Gasteiger partial charge on any atom is 0.187 e. The first kappa shape index (κ1) is 22.8. The fourth-order valence-corrected chi connectivity index (χ4v) is 2.92. The predicted molar refractivity (Wildman–Crippen MR) is 84.1 cm³/mol. The van der Waals surface area contributed by atoms with Crippen molar-refractivity contribution in [2.45, 2.75) is 67.8 Å². The number of hydrogen-bond donors (Lipinski definition) is 8. The van der Waals surface area contributed by atoms with E-state index in [-0.39, 0.29) is 19.8 Å². The van der Waals surface area contributed by atoms with Crippen LogP contribution in [0.4, 0.5) is 0 Å². The van der Waals surface area contributed by atoms with E-state index in [0.717, 1.165) is 0 Å². The summed E-state index contributed by atoms with van der Waals surface area (Å²) >= 11 is 0. The van der Waals surface area contributed by atoms with Gasteiger partial charge >= 0.3 is 0 Å². The van der Waals surface area contributed by atoms with E-state index in [1.165, 1.54) is 0 Å². The highest BCUT2D eigenvalue weighted by Gasteiger charge is 2.50. The zero-order chi connectivity index (χ0) is 20.1. The molecule has 0 aromatic rings. The lowest BCUT2D eigenvalue weighted by molar-refractivity contribution is -0.355. The molecule has 27 heavy (non-hydrogen) atoms. The van der Waals surface area contributed by atoms with E-state index in [1.54, 1.807) is 0 Å². The third-order valence-corrected chi connectivity index (χ3v) is 4.53. The summed E-state index contributed by atoms with van der Waals surface area (Å²) in [7, 11) is 0. The van der Waals surface area contributed by atoms with Gasteiger partial charge in [-0.05, 0) is 6.42 Å². The van der Waals surface area contributed by atoms with Gasteiger partial charge in [-0.1, -0.05) is 0 Å². The van der Waals surface area contributed by atoms with Gasteiger partial charge in [0.25, 0.3) is 0 Å². The summed E-state index contributed by atoms with van der Waals surface area (Å²) in [5.74, 6) is 0. The minimum atomic E-state index is -1.74. The fraction of sp³-hybridized carbons (Fsp3) is 1.00. The molecule has 2 aliphatic rings. The molecule has 8 N–H and O–H groups in total. The van der Waals surface area contributed by atoms with Crippen molar-refractivity contribution in [2.75, 3.05) is 26.4 Å². The Morgan fingerprint density at radius 1 is 0.741 bits per heavy atom. The number of aliphatic hydroxyl groups is 8. The molecule has 10 atom stereocenters. The van der Waals surface area contributed by atoms with Crippen LogP contribution in [-0.4, -0.2) is 129 Å². The second-order valence-corrected chi connectivity index (χ2v) is 6.50. The van der Waals surface area contributed by atoms with Crippen LogP contribution < -0.4 is 0 Å². The average Bonchev–Trinajstić information content (AvgIpc) is 2.66. The van der Waals surface area contributed by atoms with Crippen LogP contribution in [0.5, 0.6) is 0 Å². The molecule has 2 rings (SSSR count). The van der Waals surface area contributed by atoms with Crippen molar-refractivity contribution in [1.29, 1.82) is 0 Å². The van der Waals surface area contributed by atoms with E-state index in [0.29, 0.717) is 6.42 Å². The summed E-state index contributed by atoms with van der Waals surface area (Å²) in [4.78, 5) is 0. The molecule has 2 aliphatic heterocycles. The van der Waals surface area contributed by atoms with E-state index in [1.807, 2.05) is 0 Å². The zero-order valence-electron chi connectivity index (χ0n) is 14.5. The van der Waals surface area contributed by atoms with E-state index >= 15 is 0 Å². The molecule has 0 unspecified atom stereocenters. The Kier molecular flexibility index (Phi) is 8.73. The van der Waals surface area contributed by atoms with Gasteiger partial charge in [0.15, 0.2) is 12.6 Å². The monoisotopic (exact) mass is 400 g/mol. The van der Waals surface area contributed by atoms with Crippen LogP contribution in [0.1, 0.15) is 6.42 Å². The molecule has 0 saturated carbocycles. The molecule has 0 aromatic heterocycles. The van der Waals surface area contributed by atoms with Crippen molar-refractivity contribution in [3.8, 4) is 0 Å². The second kappa shape index (κ2) is 10.3. The quantitative estimate of drug-likeness (QED) is 0.181. The Bertz CT molecular complexity index is 437. The minimum absolute atomic E-state index is 0.0859. The minimum Gasteiger partial charge on any atom is -0.396 e. The van der Waals surface area contributed by atoms with Crippen LogP contribution in [0.2, 0.25) is 0 Å². The van der Waals surface area contributed by atoms with Crippen molar-refractivity contribution in [3.63, 3.8) is 0 Å². The lowest BCUT2D eigenvalue weighted by Crippen LogP contribution is -2.64. The molecule has 12 nitrogen and oxygen atoms in total. The van der Waals surface area contributed by atoms with Gasteiger partial charge in [-0.3, -0.25) is 0 Å². The summed E-state index contributed by atoms with van der Waals surface area (Å²) < 4.78 is 21.0. The molecular formula is C15H28O12. The molecule has 12 heteroatoms. The van der Waals surface area contributed by atoms with Gasteiger partial charge in [-0.2, -0.15) is 0 Å². The molecule has 0 aromatic carbocycles. The summed E-state index contributed by atoms with van der Waals surface area (Å²) in [6.07, 6.45) is -14.9. The van der Waals surface area contributed by atoms with Crippen molar-refractivity contribution >= 4 is 0 Å². The Morgan fingerprint density at radius 2 is 1.44 bits per heavy atom. The Balaban J connectivity index is 2.03. The van der Waals surface area contributed by atoms with Gasteiger partial charge in [0.2, 0.25) is 0 Å². The first-order valence-corrected chi connectivity index (χ1v) is 8.66. The molecule has 0 spiro atoms. The normalized spacial score (nSPS) is 45.8. The maximum absolute atomic E-state index is 10.1. The van der Waals surface area contributed by atoms with Gasteiger partial charge < -0.3 is 59.8 Å². The van der Waals surface area contributed by atoms with Gasteiger partial charge in [0, 0.05) is 13.2 Å². The van der Waals surface area contributed by atoms with Crippen molar-refractivity contribution in [2.24, 2.45) is 0 Å². The lowest BCUT2D eigenvalue weighted by Gasteiger charge is -2.45. The van der Waals surface area contributed by atoms with Crippen LogP contribution in [0.15, 0.2) is 0 Å². The standard InChI is InChI=1S/C15H28O12/c16-2-1-3-24-5-7-8(18)9(19)12(22)15(26-7)27-13-6(4-17)25-14(23)11(21)10(13)20/h6-23H,1-5H2/t6-,7-,8+,9+,10-,11-,12-,13-,14+,15+/m1/s1. The maximum atomic E-state index is 10.1. The van der Waals surface area contributed by atoms with Crippen LogP contribution in [0, 0.1) is 0 Å². The molecule has 0 aliphatic carbocycles. The SMILES string of the molecule is OCCCOC[C@H]1O[C@@H](O[C@H]2[C@H](O)[C@@H](O)[C@@H](O)O[C@@H]2CO)[C@H](O)[C@@H](O)[C@H]1O. The van der Waals surface area contributed by atoms with E-state index < -0.39 is 68.0 Å². The van der Waals surface area contributed by atoms with Crippen LogP contribution in [0.25, 0.3) is 0 Å². The molecule has 0 bridgehead atoms. The number of hydrogen-bond acceptors (Lipinski definition) is 12. The van der Waals surface area contributed by atoms with Crippen LogP contribution >= 0.6 is 0 Å². The number of ether oxygens (including phenoxy) is 4. The van der Waals surface area contributed by atoms with E-state index in [2.05, 4.69) is 0 Å². The molecule has 2 fully saturated rings. The lowest BCUT2D eigenvalue weighted by atomic mass is 9.97. The summed E-state index contributed by atoms with van der Waals surface area (Å²) in [6.45, 7) is -0.747. The fourth-order valence-electron chi connectivity index (χ4n) is 2.92. The molecule has 2 heterocycles. The average molecular weight is 400 g/mol. The first-order chi connectivity index (χ1) is 12.8. The number of aliphatic hydroxyl groups excluding tert-OH is 8. The van der Waals surface area contributed by atoms with E-state index in [4.69, 9.17) is 24.1 Å². The number of rotatable bonds is 8. The van der Waals surface area contributed by atoms with Gasteiger partial charge in [-0.15, -0.1) is 0 Å². The predicted octanol–water partition coefficient (Wildman–Crippen LogP) is -4.99. The van der Waals surface area contributed by atoms with Crippen molar-refractivity contribution < 1.29 is 59.8 Å². The van der Waals surface area contributed by atoms with Crippen LogP contribution in [0.3, 0.4) is 0 Å². The Hall–Kier alpha value is -0.480. The summed E-state index contributed by atoms with van der Waals surface area (Å²) in [5.41, 5.74) is 0. The topological polar surface area (TPSA) is 199 Å². The Morgan fingerprint density at radius 3 is 2.07 bits per heavy atom. The van der Waals surface area contributed by atoms with Crippen molar-refractivity contribution in [3.05, 3.63) is 0 Å². The molecule has 0 amide bonds. The van der Waals surface area contributed by atoms with E-state index in [9.17, 15) is 35.7 Å². The third-order valence-electron chi connectivity index (χ3n) is 4.53. The highest BCUT2D eigenvalue weighted by Crippen LogP contribution is 2.28.